The third kappa shape index (κ3) is 7.41. The minimum Gasteiger partial charge on any atom is -0.388 e. The summed E-state index contributed by atoms with van der Waals surface area (Å²) in [5.41, 5.74) is 5.16. The lowest BCUT2D eigenvalue weighted by Crippen LogP contribution is -2.38. The maximum absolute atomic E-state index is 10.2. The number of aliphatic imine (C=N–C) groups is 1. The molecular formula is C13H28IN3O. The zero-order valence-corrected chi connectivity index (χ0v) is 13.9. The van der Waals surface area contributed by atoms with E-state index in [0.29, 0.717) is 18.4 Å². The van der Waals surface area contributed by atoms with Crippen LogP contribution in [0.4, 0.5) is 0 Å². The number of rotatable bonds is 5. The number of nitrogens with two attached hydrogens (primary N) is 1. The van der Waals surface area contributed by atoms with Gasteiger partial charge in [-0.3, -0.25) is 4.99 Å². The van der Waals surface area contributed by atoms with Gasteiger partial charge in [0.2, 0.25) is 0 Å². The summed E-state index contributed by atoms with van der Waals surface area (Å²) < 4.78 is 0. The molecule has 4 nitrogen and oxygen atoms in total. The number of aliphatic hydroxyl groups is 1. The van der Waals surface area contributed by atoms with Crippen molar-refractivity contribution in [3.63, 3.8) is 0 Å². The fourth-order valence-corrected chi connectivity index (χ4v) is 2.15. The molecule has 0 bridgehead atoms. The number of nitrogens with one attached hydrogen (secondary N) is 1. The zero-order chi connectivity index (χ0) is 12.7. The number of nitrogens with zero attached hydrogens (tertiary/aromatic N) is 1. The summed E-state index contributed by atoms with van der Waals surface area (Å²) in [5, 5.41) is 13.3. The first-order chi connectivity index (χ1) is 8.02. The molecule has 1 fully saturated rings. The van der Waals surface area contributed by atoms with Gasteiger partial charge in [0.25, 0.3) is 0 Å². The van der Waals surface area contributed by atoms with Gasteiger partial charge in [-0.1, -0.05) is 33.1 Å². The van der Waals surface area contributed by atoms with Crippen molar-refractivity contribution in [3.05, 3.63) is 0 Å². The van der Waals surface area contributed by atoms with Gasteiger partial charge in [-0.15, -0.1) is 24.0 Å². The van der Waals surface area contributed by atoms with E-state index in [9.17, 15) is 5.11 Å². The molecule has 0 aromatic rings. The molecule has 4 N–H and O–H groups in total. The van der Waals surface area contributed by atoms with E-state index >= 15 is 0 Å². The molecule has 1 aliphatic carbocycles. The Labute approximate surface area is 128 Å². The molecule has 0 aromatic carbocycles. The molecule has 5 heteroatoms. The molecule has 108 valence electrons. The van der Waals surface area contributed by atoms with Crippen LogP contribution in [-0.4, -0.2) is 29.8 Å². The van der Waals surface area contributed by atoms with Crippen molar-refractivity contribution in [2.75, 3.05) is 13.1 Å². The van der Waals surface area contributed by atoms with Gasteiger partial charge in [-0.2, -0.15) is 0 Å². The third-order valence-corrected chi connectivity index (χ3v) is 3.36. The molecule has 1 saturated carbocycles. The third-order valence-electron chi connectivity index (χ3n) is 3.36. The number of hydrogen-bond donors (Lipinski definition) is 3. The van der Waals surface area contributed by atoms with Gasteiger partial charge in [0.05, 0.1) is 12.1 Å². The van der Waals surface area contributed by atoms with Crippen molar-refractivity contribution in [2.45, 2.75) is 58.0 Å². The highest BCUT2D eigenvalue weighted by molar-refractivity contribution is 14.0. The van der Waals surface area contributed by atoms with E-state index in [1.54, 1.807) is 0 Å². The predicted molar refractivity (Wildman–Crippen MR) is 87.4 cm³/mol. The van der Waals surface area contributed by atoms with Gasteiger partial charge >= 0.3 is 0 Å². The van der Waals surface area contributed by atoms with Crippen LogP contribution in [0, 0.1) is 5.92 Å². The lowest BCUT2D eigenvalue weighted by molar-refractivity contribution is 0.0132. The number of halogens is 1. The van der Waals surface area contributed by atoms with Crippen LogP contribution in [-0.2, 0) is 0 Å². The molecule has 0 aromatic heterocycles. The normalized spacial score (nSPS) is 19.4. The van der Waals surface area contributed by atoms with Gasteiger partial charge in [-0.25, -0.2) is 0 Å². The fourth-order valence-electron chi connectivity index (χ4n) is 2.15. The highest BCUT2D eigenvalue weighted by Crippen LogP contribution is 2.27. The van der Waals surface area contributed by atoms with Gasteiger partial charge in [0.1, 0.15) is 0 Å². The van der Waals surface area contributed by atoms with E-state index in [1.807, 2.05) is 0 Å². The van der Waals surface area contributed by atoms with Crippen molar-refractivity contribution in [2.24, 2.45) is 16.6 Å². The molecule has 0 unspecified atom stereocenters. The molecule has 0 spiro atoms. The van der Waals surface area contributed by atoms with E-state index in [2.05, 4.69) is 24.2 Å². The quantitative estimate of drug-likeness (QED) is 0.396. The molecule has 0 aliphatic heterocycles. The van der Waals surface area contributed by atoms with Crippen molar-refractivity contribution >= 4 is 29.9 Å². The van der Waals surface area contributed by atoms with Gasteiger partial charge in [0, 0.05) is 6.54 Å². The summed E-state index contributed by atoms with van der Waals surface area (Å²) in [6.07, 6.45) is 6.24. The molecule has 0 atom stereocenters. The Hall–Kier alpha value is -0.0400. The minimum absolute atomic E-state index is 0. The first-order valence-corrected chi connectivity index (χ1v) is 6.78. The maximum Gasteiger partial charge on any atom is 0.188 e. The Balaban J connectivity index is 0.00000289. The predicted octanol–water partition coefficient (Wildman–Crippen LogP) is 2.25. The van der Waals surface area contributed by atoms with E-state index in [1.165, 1.54) is 6.42 Å². The highest BCUT2D eigenvalue weighted by Gasteiger charge is 2.28. The van der Waals surface area contributed by atoms with E-state index in [0.717, 1.165) is 38.6 Å². The molecular weight excluding hydrogens is 341 g/mol. The van der Waals surface area contributed by atoms with Crippen LogP contribution < -0.4 is 11.1 Å². The standard InChI is InChI=1S/C13H27N3O.HI/c1-11(2)6-9-15-12(14)16-10-13(17)7-4-3-5-8-13;/h11,17H,3-10H2,1-2H3,(H3,14,15,16);1H. The molecule has 1 aliphatic rings. The average Bonchev–Trinajstić information content (AvgIpc) is 2.27. The molecule has 0 amide bonds. The number of hydrogen-bond acceptors (Lipinski definition) is 2. The van der Waals surface area contributed by atoms with Crippen LogP contribution in [0.2, 0.25) is 0 Å². The van der Waals surface area contributed by atoms with Crippen LogP contribution >= 0.6 is 24.0 Å². The van der Waals surface area contributed by atoms with Crippen molar-refractivity contribution in [1.82, 2.24) is 5.32 Å². The second-order valence-corrected chi connectivity index (χ2v) is 5.60. The Bertz CT molecular complexity index is 251. The van der Waals surface area contributed by atoms with E-state index < -0.39 is 5.60 Å². The molecule has 0 radical (unpaired) electrons. The minimum atomic E-state index is -0.609. The van der Waals surface area contributed by atoms with Crippen LogP contribution in [0.5, 0.6) is 0 Å². The van der Waals surface area contributed by atoms with E-state index in [4.69, 9.17) is 5.73 Å². The second-order valence-electron chi connectivity index (χ2n) is 5.60. The first-order valence-electron chi connectivity index (χ1n) is 6.78. The number of guanidine groups is 1. The highest BCUT2D eigenvalue weighted by atomic mass is 127. The average molecular weight is 369 g/mol. The molecule has 0 saturated heterocycles. The summed E-state index contributed by atoms with van der Waals surface area (Å²) in [4.78, 5) is 4.25. The van der Waals surface area contributed by atoms with Gasteiger partial charge in [-0.05, 0) is 25.2 Å². The summed E-state index contributed by atoms with van der Waals surface area (Å²) in [6, 6.07) is 0. The Morgan fingerprint density at radius 3 is 2.50 bits per heavy atom. The van der Waals surface area contributed by atoms with Crippen molar-refractivity contribution in [1.29, 1.82) is 0 Å². The lowest BCUT2D eigenvalue weighted by atomic mass is 9.85. The van der Waals surface area contributed by atoms with Crippen LogP contribution in [0.1, 0.15) is 52.4 Å². The van der Waals surface area contributed by atoms with Crippen LogP contribution in [0.3, 0.4) is 0 Å². The molecule has 0 heterocycles. The monoisotopic (exact) mass is 369 g/mol. The first kappa shape index (κ1) is 18.0. The molecule has 1 rings (SSSR count). The summed E-state index contributed by atoms with van der Waals surface area (Å²) in [6.45, 7) is 5.65. The van der Waals surface area contributed by atoms with Crippen LogP contribution in [0.25, 0.3) is 0 Å². The summed E-state index contributed by atoms with van der Waals surface area (Å²) in [5.74, 6) is 1.13. The van der Waals surface area contributed by atoms with Gasteiger partial charge < -0.3 is 16.2 Å². The maximum atomic E-state index is 10.2. The SMILES string of the molecule is CC(C)CCNC(N)=NCC1(O)CCCCC1.I. The Morgan fingerprint density at radius 2 is 1.94 bits per heavy atom. The van der Waals surface area contributed by atoms with E-state index in [-0.39, 0.29) is 24.0 Å². The smallest absolute Gasteiger partial charge is 0.188 e. The topological polar surface area (TPSA) is 70.6 Å². The Morgan fingerprint density at radius 1 is 1.33 bits per heavy atom. The second kappa shape index (κ2) is 8.96. The lowest BCUT2D eigenvalue weighted by Gasteiger charge is -2.30. The summed E-state index contributed by atoms with van der Waals surface area (Å²) in [7, 11) is 0. The van der Waals surface area contributed by atoms with Gasteiger partial charge in [0.15, 0.2) is 5.96 Å². The zero-order valence-electron chi connectivity index (χ0n) is 11.6. The fraction of sp³-hybridized carbons (Fsp3) is 0.923. The Kier molecular flexibility index (Phi) is 8.94. The van der Waals surface area contributed by atoms with Crippen LogP contribution in [0.15, 0.2) is 4.99 Å². The van der Waals surface area contributed by atoms with Crippen molar-refractivity contribution in [3.8, 4) is 0 Å². The summed E-state index contributed by atoms with van der Waals surface area (Å²) >= 11 is 0. The largest absolute Gasteiger partial charge is 0.388 e. The molecule has 18 heavy (non-hydrogen) atoms. The van der Waals surface area contributed by atoms with Crippen molar-refractivity contribution < 1.29 is 5.11 Å².